The molecule has 2 fully saturated rings. The predicted molar refractivity (Wildman–Crippen MR) is 135 cm³/mol. The first-order valence-corrected chi connectivity index (χ1v) is 12.3. The van der Waals surface area contributed by atoms with Crippen molar-refractivity contribution < 1.29 is 19.0 Å². The van der Waals surface area contributed by atoms with Crippen LogP contribution in [0.2, 0.25) is 0 Å². The molecule has 5 rings (SSSR count). The summed E-state index contributed by atoms with van der Waals surface area (Å²) < 4.78 is 17.1. The zero-order valence-corrected chi connectivity index (χ0v) is 20.7. The summed E-state index contributed by atoms with van der Waals surface area (Å²) in [6.45, 7) is 4.67. The summed E-state index contributed by atoms with van der Waals surface area (Å²) >= 11 is 0. The van der Waals surface area contributed by atoms with Crippen molar-refractivity contribution in [3.05, 3.63) is 65.4 Å². The van der Waals surface area contributed by atoms with E-state index in [0.29, 0.717) is 31.4 Å². The van der Waals surface area contributed by atoms with E-state index < -0.39 is 5.54 Å². The molecule has 35 heavy (non-hydrogen) atoms. The summed E-state index contributed by atoms with van der Waals surface area (Å²) in [5.74, 6) is 1.37. The first-order chi connectivity index (χ1) is 17.0. The molecule has 1 saturated heterocycles. The number of likely N-dealkylation sites (tertiary alicyclic amines) is 1. The maximum absolute atomic E-state index is 13.5. The zero-order chi connectivity index (χ0) is 24.4. The van der Waals surface area contributed by atoms with Crippen LogP contribution < -0.4 is 14.8 Å². The number of fused-ring (bicyclic) bond motifs is 1. The van der Waals surface area contributed by atoms with Crippen LogP contribution >= 0.6 is 0 Å². The SMILES string of the molecule is COCCOc1cc(C2(NC(=O)c3cc(OCC4CCN4C)ccc3C)CC2)c2cccnc2c1. The Hall–Kier alpha value is -3.16. The van der Waals surface area contributed by atoms with Gasteiger partial charge >= 0.3 is 0 Å². The summed E-state index contributed by atoms with van der Waals surface area (Å²) in [4.78, 5) is 20.3. The topological polar surface area (TPSA) is 72.9 Å². The van der Waals surface area contributed by atoms with Gasteiger partial charge in [-0.3, -0.25) is 14.7 Å². The molecule has 3 aromatic rings. The van der Waals surface area contributed by atoms with E-state index in [0.717, 1.165) is 59.3 Å². The number of amides is 1. The van der Waals surface area contributed by atoms with E-state index in [1.807, 2.05) is 43.3 Å². The second-order valence-electron chi connectivity index (χ2n) is 9.63. The Morgan fingerprint density at radius 1 is 1.14 bits per heavy atom. The van der Waals surface area contributed by atoms with Gasteiger partial charge in [0.25, 0.3) is 5.91 Å². The Kier molecular flexibility index (Phi) is 6.62. The van der Waals surface area contributed by atoms with Crippen molar-refractivity contribution >= 4 is 16.8 Å². The average molecular weight is 476 g/mol. The highest BCUT2D eigenvalue weighted by atomic mass is 16.5. The number of rotatable bonds is 10. The molecule has 2 heterocycles. The number of pyridine rings is 1. The minimum absolute atomic E-state index is 0.0889. The van der Waals surface area contributed by atoms with Crippen molar-refractivity contribution in [2.24, 2.45) is 0 Å². The third-order valence-electron chi connectivity index (χ3n) is 7.20. The Labute approximate surface area is 206 Å². The number of ether oxygens (including phenoxy) is 3. The van der Waals surface area contributed by atoms with Crippen LogP contribution in [-0.4, -0.2) is 62.4 Å². The number of nitrogens with one attached hydrogen (secondary N) is 1. The molecule has 1 saturated carbocycles. The Morgan fingerprint density at radius 3 is 2.71 bits per heavy atom. The van der Waals surface area contributed by atoms with Gasteiger partial charge in [0, 0.05) is 36.4 Å². The normalized spacial score (nSPS) is 18.7. The molecular weight excluding hydrogens is 442 g/mol. The second kappa shape index (κ2) is 9.84. The van der Waals surface area contributed by atoms with E-state index in [1.165, 1.54) is 0 Å². The molecule has 2 aliphatic rings. The lowest BCUT2D eigenvalue weighted by Gasteiger charge is -2.37. The number of aromatic nitrogens is 1. The number of methoxy groups -OCH3 is 1. The van der Waals surface area contributed by atoms with Crippen molar-refractivity contribution in [1.82, 2.24) is 15.2 Å². The standard InChI is InChI=1S/C28H33N3O4/c1-19-6-7-21(35-18-20-8-12-31(20)2)15-24(19)27(32)30-28(9-10-28)25-16-22(34-14-13-33-3)17-26-23(25)5-4-11-29-26/h4-7,11,15-17,20H,8-10,12-14,18H2,1-3H3,(H,30,32). The van der Waals surface area contributed by atoms with Crippen LogP contribution in [0.5, 0.6) is 11.5 Å². The summed E-state index contributed by atoms with van der Waals surface area (Å²) in [5.41, 5.74) is 3.03. The van der Waals surface area contributed by atoms with E-state index in [-0.39, 0.29) is 5.91 Å². The van der Waals surface area contributed by atoms with Crippen molar-refractivity contribution in [3.8, 4) is 11.5 Å². The van der Waals surface area contributed by atoms with Crippen LogP contribution in [0.1, 0.15) is 40.7 Å². The van der Waals surface area contributed by atoms with E-state index in [9.17, 15) is 4.79 Å². The van der Waals surface area contributed by atoms with Crippen molar-refractivity contribution in [3.63, 3.8) is 0 Å². The molecule has 1 unspecified atom stereocenters. The van der Waals surface area contributed by atoms with Crippen LogP contribution in [0.25, 0.3) is 10.9 Å². The van der Waals surface area contributed by atoms with Crippen LogP contribution in [0.4, 0.5) is 0 Å². The molecule has 1 aliphatic heterocycles. The highest BCUT2D eigenvalue weighted by Gasteiger charge is 2.47. The van der Waals surface area contributed by atoms with Crippen molar-refractivity contribution in [1.29, 1.82) is 0 Å². The fraction of sp³-hybridized carbons (Fsp3) is 0.429. The molecular formula is C28H33N3O4. The van der Waals surface area contributed by atoms with Gasteiger partial charge in [0.15, 0.2) is 0 Å². The largest absolute Gasteiger partial charge is 0.492 e. The number of nitrogens with zero attached hydrogens (tertiary/aromatic N) is 2. The van der Waals surface area contributed by atoms with E-state index in [2.05, 4.69) is 28.3 Å². The van der Waals surface area contributed by atoms with E-state index >= 15 is 0 Å². The lowest BCUT2D eigenvalue weighted by molar-refractivity contribution is 0.0767. The number of hydrogen-bond donors (Lipinski definition) is 1. The summed E-state index contributed by atoms with van der Waals surface area (Å²) in [5, 5.41) is 4.37. The quantitative estimate of drug-likeness (QED) is 0.446. The van der Waals surface area contributed by atoms with Gasteiger partial charge in [-0.15, -0.1) is 0 Å². The second-order valence-corrected chi connectivity index (χ2v) is 9.63. The molecule has 1 N–H and O–H groups in total. The molecule has 0 spiro atoms. The van der Waals surface area contributed by atoms with Gasteiger partial charge < -0.3 is 19.5 Å². The maximum atomic E-state index is 13.5. The van der Waals surface area contributed by atoms with Gasteiger partial charge in [0.05, 0.1) is 17.7 Å². The summed E-state index contributed by atoms with van der Waals surface area (Å²) in [7, 11) is 3.76. The lowest BCUT2D eigenvalue weighted by Crippen LogP contribution is -2.48. The monoisotopic (exact) mass is 475 g/mol. The minimum Gasteiger partial charge on any atom is -0.492 e. The molecule has 1 aliphatic carbocycles. The smallest absolute Gasteiger partial charge is 0.252 e. The number of benzene rings is 2. The van der Waals surface area contributed by atoms with Crippen LogP contribution in [0.15, 0.2) is 48.7 Å². The number of hydrogen-bond acceptors (Lipinski definition) is 6. The molecule has 7 nitrogen and oxygen atoms in total. The Balaban J connectivity index is 1.37. The highest BCUT2D eigenvalue weighted by molar-refractivity contribution is 5.97. The van der Waals surface area contributed by atoms with Gasteiger partial charge in [-0.1, -0.05) is 12.1 Å². The molecule has 2 aromatic carbocycles. The number of carbonyl (C=O) groups is 1. The van der Waals surface area contributed by atoms with Gasteiger partial charge in [-0.2, -0.15) is 0 Å². The Morgan fingerprint density at radius 2 is 2.00 bits per heavy atom. The van der Waals surface area contributed by atoms with Gasteiger partial charge in [0.2, 0.25) is 0 Å². The predicted octanol–water partition coefficient (Wildman–Crippen LogP) is 4.07. The molecule has 0 bridgehead atoms. The van der Waals surface area contributed by atoms with E-state index in [1.54, 1.807) is 13.3 Å². The lowest BCUT2D eigenvalue weighted by atomic mass is 9.97. The van der Waals surface area contributed by atoms with Gasteiger partial charge in [-0.25, -0.2) is 0 Å². The third-order valence-corrected chi connectivity index (χ3v) is 7.20. The first-order valence-electron chi connectivity index (χ1n) is 12.3. The van der Waals surface area contributed by atoms with Gasteiger partial charge in [-0.05, 0) is 75.2 Å². The number of carbonyl (C=O) groups excluding carboxylic acids is 1. The van der Waals surface area contributed by atoms with Crippen LogP contribution in [-0.2, 0) is 10.3 Å². The fourth-order valence-electron chi connectivity index (χ4n) is 4.66. The summed E-state index contributed by atoms with van der Waals surface area (Å²) in [6.07, 6.45) is 4.66. The number of aryl methyl sites for hydroxylation is 1. The average Bonchev–Trinajstić information content (AvgIpc) is 3.64. The van der Waals surface area contributed by atoms with Gasteiger partial charge in [0.1, 0.15) is 24.7 Å². The minimum atomic E-state index is -0.434. The molecule has 0 radical (unpaired) electrons. The van der Waals surface area contributed by atoms with Crippen molar-refractivity contribution in [2.45, 2.75) is 37.8 Å². The molecule has 1 amide bonds. The molecule has 1 atom stereocenters. The summed E-state index contributed by atoms with van der Waals surface area (Å²) in [6, 6.07) is 14.2. The van der Waals surface area contributed by atoms with Crippen molar-refractivity contribution in [2.75, 3.05) is 40.5 Å². The zero-order valence-electron chi connectivity index (χ0n) is 20.7. The molecule has 7 heteroatoms. The Bertz CT molecular complexity index is 1220. The third kappa shape index (κ3) is 4.97. The van der Waals surface area contributed by atoms with Crippen LogP contribution in [0.3, 0.4) is 0 Å². The van der Waals surface area contributed by atoms with Crippen LogP contribution in [0, 0.1) is 6.92 Å². The van der Waals surface area contributed by atoms with E-state index in [4.69, 9.17) is 14.2 Å². The fourth-order valence-corrected chi connectivity index (χ4v) is 4.66. The first kappa shape index (κ1) is 23.6. The number of likely N-dealkylation sites (N-methyl/N-ethyl adjacent to an activating group) is 1. The highest BCUT2D eigenvalue weighted by Crippen LogP contribution is 2.49. The molecule has 184 valence electrons. The molecule has 1 aromatic heterocycles. The maximum Gasteiger partial charge on any atom is 0.252 e.